The lowest BCUT2D eigenvalue weighted by atomic mass is 10.1. The summed E-state index contributed by atoms with van der Waals surface area (Å²) in [5.41, 5.74) is 7.53. The van der Waals surface area contributed by atoms with Gasteiger partial charge < -0.3 is 16.2 Å². The quantitative estimate of drug-likeness (QED) is 0.692. The Labute approximate surface area is 89.5 Å². The van der Waals surface area contributed by atoms with Gasteiger partial charge in [0.05, 0.1) is 18.5 Å². The highest BCUT2D eigenvalue weighted by atomic mass is 16.3. The van der Waals surface area contributed by atoms with Crippen molar-refractivity contribution in [2.24, 2.45) is 5.41 Å². The molecule has 4 nitrogen and oxygen atoms in total. The molecule has 0 aromatic carbocycles. The van der Waals surface area contributed by atoms with E-state index in [0.29, 0.717) is 5.69 Å². The average Bonchev–Trinajstić information content (AvgIpc) is 3.01. The Hall–Kier alpha value is -1.29. The average molecular weight is 207 g/mol. The van der Waals surface area contributed by atoms with E-state index in [1.165, 1.54) is 0 Å². The number of aromatic nitrogens is 1. The van der Waals surface area contributed by atoms with E-state index in [0.717, 1.165) is 30.8 Å². The maximum Gasteiger partial charge on any atom is 0.126 e. The molecular formula is C11H17N3O. The Kier molecular flexibility index (Phi) is 2.52. The normalized spacial score (nSPS) is 17.5. The number of aliphatic hydroxyl groups excluding tert-OH is 1. The van der Waals surface area contributed by atoms with Gasteiger partial charge in [0.15, 0.2) is 0 Å². The number of hydrogen-bond donors (Lipinski definition) is 3. The number of aryl methyl sites for hydroxylation is 1. The third-order valence-corrected chi connectivity index (χ3v) is 3.09. The van der Waals surface area contributed by atoms with Crippen LogP contribution < -0.4 is 11.1 Å². The first-order chi connectivity index (χ1) is 7.15. The van der Waals surface area contributed by atoms with Crippen molar-refractivity contribution in [3.8, 4) is 0 Å². The van der Waals surface area contributed by atoms with Gasteiger partial charge in [0.25, 0.3) is 0 Å². The molecular weight excluding hydrogens is 190 g/mol. The fraction of sp³-hybridized carbons (Fsp3) is 0.545. The zero-order valence-electron chi connectivity index (χ0n) is 8.95. The number of rotatable bonds is 4. The van der Waals surface area contributed by atoms with Crippen molar-refractivity contribution < 1.29 is 5.11 Å². The van der Waals surface area contributed by atoms with E-state index in [2.05, 4.69) is 10.3 Å². The van der Waals surface area contributed by atoms with Crippen LogP contribution in [0.15, 0.2) is 12.3 Å². The molecule has 1 heterocycles. The van der Waals surface area contributed by atoms with E-state index in [4.69, 9.17) is 10.8 Å². The van der Waals surface area contributed by atoms with E-state index in [9.17, 15) is 0 Å². The third kappa shape index (κ3) is 2.21. The topological polar surface area (TPSA) is 71.2 Å². The minimum atomic E-state index is 0.108. The summed E-state index contributed by atoms with van der Waals surface area (Å²) in [7, 11) is 0. The van der Waals surface area contributed by atoms with Gasteiger partial charge in [-0.05, 0) is 31.4 Å². The van der Waals surface area contributed by atoms with Gasteiger partial charge in [-0.2, -0.15) is 0 Å². The van der Waals surface area contributed by atoms with Gasteiger partial charge in [-0.3, -0.25) is 0 Å². The SMILES string of the molecule is Cc1cc(NCC2(CO)CC2)ncc1N. The van der Waals surface area contributed by atoms with Crippen LogP contribution in [-0.4, -0.2) is 23.2 Å². The number of pyridine rings is 1. The highest BCUT2D eigenvalue weighted by Crippen LogP contribution is 2.44. The van der Waals surface area contributed by atoms with Crippen LogP contribution in [0.3, 0.4) is 0 Å². The molecule has 4 heteroatoms. The van der Waals surface area contributed by atoms with Crippen molar-refractivity contribution in [3.05, 3.63) is 17.8 Å². The molecule has 15 heavy (non-hydrogen) atoms. The first kappa shape index (κ1) is 10.2. The van der Waals surface area contributed by atoms with E-state index in [1.807, 2.05) is 13.0 Å². The van der Waals surface area contributed by atoms with Crippen LogP contribution in [-0.2, 0) is 0 Å². The molecule has 0 bridgehead atoms. The molecule has 2 rings (SSSR count). The summed E-state index contributed by atoms with van der Waals surface area (Å²) in [6, 6.07) is 1.93. The molecule has 1 aromatic heterocycles. The van der Waals surface area contributed by atoms with Crippen LogP contribution in [0.25, 0.3) is 0 Å². The molecule has 0 amide bonds. The molecule has 1 aliphatic carbocycles. The minimum Gasteiger partial charge on any atom is -0.397 e. The van der Waals surface area contributed by atoms with Crippen molar-refractivity contribution in [2.45, 2.75) is 19.8 Å². The molecule has 1 aromatic rings. The second-order valence-corrected chi connectivity index (χ2v) is 4.44. The summed E-state index contributed by atoms with van der Waals surface area (Å²) >= 11 is 0. The van der Waals surface area contributed by atoms with Gasteiger partial charge in [0, 0.05) is 12.0 Å². The van der Waals surface area contributed by atoms with Gasteiger partial charge in [0.1, 0.15) is 5.82 Å². The summed E-state index contributed by atoms with van der Waals surface area (Å²) in [5.74, 6) is 0.835. The van der Waals surface area contributed by atoms with Crippen LogP contribution in [0.2, 0.25) is 0 Å². The van der Waals surface area contributed by atoms with Crippen LogP contribution in [0, 0.1) is 12.3 Å². The molecule has 0 atom stereocenters. The minimum absolute atomic E-state index is 0.108. The van der Waals surface area contributed by atoms with Crippen LogP contribution in [0.1, 0.15) is 18.4 Å². The molecule has 82 valence electrons. The Balaban J connectivity index is 1.96. The Morgan fingerprint density at radius 3 is 2.87 bits per heavy atom. The highest BCUT2D eigenvalue weighted by Gasteiger charge is 2.41. The number of aliphatic hydroxyl groups is 1. The maximum absolute atomic E-state index is 9.15. The molecule has 1 aliphatic rings. The number of nitrogens with zero attached hydrogens (tertiary/aromatic N) is 1. The summed E-state index contributed by atoms with van der Waals surface area (Å²) in [6.45, 7) is 3.01. The van der Waals surface area contributed by atoms with E-state index < -0.39 is 0 Å². The zero-order chi connectivity index (χ0) is 10.9. The molecule has 0 aliphatic heterocycles. The fourth-order valence-electron chi connectivity index (χ4n) is 1.51. The van der Waals surface area contributed by atoms with Gasteiger partial charge in [-0.25, -0.2) is 4.98 Å². The second kappa shape index (κ2) is 3.70. The van der Waals surface area contributed by atoms with E-state index >= 15 is 0 Å². The van der Waals surface area contributed by atoms with Gasteiger partial charge >= 0.3 is 0 Å². The number of nitrogens with one attached hydrogen (secondary N) is 1. The lowest BCUT2D eigenvalue weighted by Gasteiger charge is -2.13. The van der Waals surface area contributed by atoms with Gasteiger partial charge in [-0.15, -0.1) is 0 Å². The summed E-state index contributed by atoms with van der Waals surface area (Å²) in [6.07, 6.45) is 3.87. The smallest absolute Gasteiger partial charge is 0.126 e. The molecule has 0 spiro atoms. The van der Waals surface area contributed by atoms with Crippen LogP contribution >= 0.6 is 0 Å². The zero-order valence-corrected chi connectivity index (χ0v) is 8.95. The maximum atomic E-state index is 9.15. The van der Waals surface area contributed by atoms with Crippen LogP contribution in [0.5, 0.6) is 0 Å². The van der Waals surface area contributed by atoms with Gasteiger partial charge in [0.2, 0.25) is 0 Å². The van der Waals surface area contributed by atoms with E-state index in [-0.39, 0.29) is 12.0 Å². The van der Waals surface area contributed by atoms with Gasteiger partial charge in [-0.1, -0.05) is 0 Å². The number of hydrogen-bond acceptors (Lipinski definition) is 4. The largest absolute Gasteiger partial charge is 0.397 e. The number of nitrogen functional groups attached to an aromatic ring is 1. The monoisotopic (exact) mass is 207 g/mol. The predicted molar refractivity (Wildman–Crippen MR) is 60.6 cm³/mol. The van der Waals surface area contributed by atoms with Crippen molar-refractivity contribution >= 4 is 11.5 Å². The van der Waals surface area contributed by atoms with Crippen molar-refractivity contribution in [1.82, 2.24) is 4.98 Å². The van der Waals surface area contributed by atoms with E-state index in [1.54, 1.807) is 6.20 Å². The van der Waals surface area contributed by atoms with Crippen molar-refractivity contribution in [3.63, 3.8) is 0 Å². The first-order valence-corrected chi connectivity index (χ1v) is 5.22. The highest BCUT2D eigenvalue weighted by molar-refractivity contribution is 5.50. The Morgan fingerprint density at radius 1 is 1.60 bits per heavy atom. The molecule has 0 radical (unpaired) electrons. The molecule has 1 saturated carbocycles. The third-order valence-electron chi connectivity index (χ3n) is 3.09. The Bertz CT molecular complexity index is 361. The van der Waals surface area contributed by atoms with Crippen molar-refractivity contribution in [2.75, 3.05) is 24.2 Å². The summed E-state index contributed by atoms with van der Waals surface area (Å²) < 4.78 is 0. The predicted octanol–water partition coefficient (Wildman–Crippen LogP) is 1.16. The number of nitrogens with two attached hydrogens (primary N) is 1. The van der Waals surface area contributed by atoms with Crippen LogP contribution in [0.4, 0.5) is 11.5 Å². The molecule has 0 saturated heterocycles. The molecule has 4 N–H and O–H groups in total. The summed E-state index contributed by atoms with van der Waals surface area (Å²) in [5, 5.41) is 12.4. The fourth-order valence-corrected chi connectivity index (χ4v) is 1.51. The summed E-state index contributed by atoms with van der Waals surface area (Å²) in [4.78, 5) is 4.19. The molecule has 1 fully saturated rings. The lowest BCUT2D eigenvalue weighted by molar-refractivity contribution is 0.219. The van der Waals surface area contributed by atoms with Crippen molar-refractivity contribution in [1.29, 1.82) is 0 Å². The second-order valence-electron chi connectivity index (χ2n) is 4.44. The lowest BCUT2D eigenvalue weighted by Crippen LogP contribution is -2.19. The standard InChI is InChI=1S/C11H17N3O/c1-8-4-10(13-5-9(8)12)14-6-11(7-15)2-3-11/h4-5,15H,2-3,6-7,12H2,1H3,(H,13,14). The molecule has 0 unspecified atom stereocenters. The Morgan fingerprint density at radius 2 is 2.33 bits per heavy atom. The first-order valence-electron chi connectivity index (χ1n) is 5.22. The number of anilines is 2.